The minimum atomic E-state index is -4.82. The van der Waals surface area contributed by atoms with E-state index < -0.39 is 18.4 Å². The van der Waals surface area contributed by atoms with Crippen molar-refractivity contribution < 1.29 is 22.7 Å². The van der Waals surface area contributed by atoms with E-state index in [1.807, 2.05) is 54.6 Å². The first-order valence-corrected chi connectivity index (χ1v) is 8.38. The summed E-state index contributed by atoms with van der Waals surface area (Å²) < 4.78 is 43.2. The molecule has 0 radical (unpaired) electrons. The van der Waals surface area contributed by atoms with Crippen molar-refractivity contribution in [2.45, 2.75) is 19.2 Å². The van der Waals surface area contributed by atoms with Gasteiger partial charge in [0.15, 0.2) is 0 Å². The molecule has 0 N–H and O–H groups in total. The maximum atomic E-state index is 12.5. The zero-order chi connectivity index (χ0) is 19.3. The number of ether oxygens (including phenoxy) is 1. The van der Waals surface area contributed by atoms with Crippen LogP contribution in [-0.4, -0.2) is 12.0 Å². The summed E-state index contributed by atoms with van der Waals surface area (Å²) in [5.74, 6) is -1.09. The Morgan fingerprint density at radius 2 is 1.41 bits per heavy atom. The minimum Gasteiger partial charge on any atom is -0.489 e. The summed E-state index contributed by atoms with van der Waals surface area (Å²) in [6.45, 7) is 0.421. The topological polar surface area (TPSA) is 26.3 Å². The van der Waals surface area contributed by atoms with Gasteiger partial charge in [-0.15, -0.1) is 0 Å². The lowest BCUT2D eigenvalue weighted by atomic mass is 10.0. The van der Waals surface area contributed by atoms with Crippen LogP contribution in [0.2, 0.25) is 0 Å². The van der Waals surface area contributed by atoms with Crippen molar-refractivity contribution in [3.05, 3.63) is 90.0 Å². The first kappa shape index (κ1) is 18.7. The summed E-state index contributed by atoms with van der Waals surface area (Å²) in [7, 11) is 0. The molecule has 3 aromatic rings. The van der Waals surface area contributed by atoms with E-state index in [9.17, 15) is 18.0 Å². The zero-order valence-electron chi connectivity index (χ0n) is 14.4. The molecule has 0 amide bonds. The highest BCUT2D eigenvalue weighted by atomic mass is 19.4. The third-order valence-electron chi connectivity index (χ3n) is 4.02. The normalized spacial score (nSPS) is 11.2. The Morgan fingerprint density at radius 1 is 0.778 bits per heavy atom. The molecule has 0 bridgehead atoms. The third-order valence-corrected chi connectivity index (χ3v) is 4.02. The minimum absolute atomic E-state index is 0.324. The molecule has 0 atom stereocenters. The van der Waals surface area contributed by atoms with Gasteiger partial charge in [-0.3, -0.25) is 4.79 Å². The molecular formula is C22H17F3O2. The van der Waals surface area contributed by atoms with Crippen molar-refractivity contribution in [1.29, 1.82) is 0 Å². The summed E-state index contributed by atoms with van der Waals surface area (Å²) in [6, 6.07) is 23.6. The van der Waals surface area contributed by atoms with Crippen LogP contribution < -0.4 is 4.74 Å². The fraction of sp³-hybridized carbons (Fsp3) is 0.136. The molecule has 0 spiro atoms. The average Bonchev–Trinajstić information content (AvgIpc) is 2.67. The van der Waals surface area contributed by atoms with Crippen LogP contribution in [0.4, 0.5) is 13.2 Å². The van der Waals surface area contributed by atoms with Crippen molar-refractivity contribution in [2.24, 2.45) is 0 Å². The average molecular weight is 370 g/mol. The lowest BCUT2D eigenvalue weighted by Crippen LogP contribution is -2.24. The van der Waals surface area contributed by atoms with E-state index in [0.29, 0.717) is 17.9 Å². The molecule has 0 aromatic heterocycles. The van der Waals surface area contributed by atoms with Crippen LogP contribution in [0.1, 0.15) is 11.1 Å². The Bertz CT molecular complexity index is 918. The van der Waals surface area contributed by atoms with Gasteiger partial charge in [-0.05, 0) is 34.4 Å². The van der Waals surface area contributed by atoms with Gasteiger partial charge < -0.3 is 4.74 Å². The first-order chi connectivity index (χ1) is 12.9. The number of ketones is 1. The Morgan fingerprint density at radius 3 is 2.11 bits per heavy atom. The van der Waals surface area contributed by atoms with E-state index in [1.165, 1.54) is 6.07 Å². The van der Waals surface area contributed by atoms with E-state index in [4.69, 9.17) is 4.74 Å². The van der Waals surface area contributed by atoms with Crippen LogP contribution in [0.3, 0.4) is 0 Å². The summed E-state index contributed by atoms with van der Waals surface area (Å²) in [5, 5.41) is 0. The molecule has 0 unspecified atom stereocenters. The van der Waals surface area contributed by atoms with Crippen molar-refractivity contribution in [3.8, 4) is 16.9 Å². The summed E-state index contributed by atoms with van der Waals surface area (Å²) in [5.41, 5.74) is 2.90. The first-order valence-electron chi connectivity index (χ1n) is 8.38. The van der Waals surface area contributed by atoms with Crippen LogP contribution in [0.15, 0.2) is 78.9 Å². The lowest BCUT2D eigenvalue weighted by molar-refractivity contribution is -0.170. The number of halogens is 3. The van der Waals surface area contributed by atoms with Gasteiger partial charge in [-0.2, -0.15) is 13.2 Å². The Labute approximate surface area is 155 Å². The number of Topliss-reactive ketones (excluding diaryl/α,β-unsaturated/α-hetero) is 1. The Hall–Kier alpha value is -3.08. The smallest absolute Gasteiger partial charge is 0.450 e. The Kier molecular flexibility index (Phi) is 5.60. The second-order valence-corrected chi connectivity index (χ2v) is 6.10. The van der Waals surface area contributed by atoms with Gasteiger partial charge in [0, 0.05) is 6.42 Å². The molecule has 0 aliphatic rings. The number of rotatable bonds is 6. The largest absolute Gasteiger partial charge is 0.489 e. The van der Waals surface area contributed by atoms with Crippen LogP contribution in [0, 0.1) is 0 Å². The number of alkyl halides is 3. The monoisotopic (exact) mass is 370 g/mol. The number of hydrogen-bond acceptors (Lipinski definition) is 2. The highest BCUT2D eigenvalue weighted by molar-refractivity contribution is 5.86. The molecule has 0 aliphatic heterocycles. The summed E-state index contributed by atoms with van der Waals surface area (Å²) >= 11 is 0. The summed E-state index contributed by atoms with van der Waals surface area (Å²) in [6.07, 6.45) is -5.48. The highest BCUT2D eigenvalue weighted by Gasteiger charge is 2.37. The molecule has 27 heavy (non-hydrogen) atoms. The number of carbonyl (C=O) groups is 1. The zero-order valence-corrected chi connectivity index (χ0v) is 14.4. The van der Waals surface area contributed by atoms with Gasteiger partial charge in [-0.25, -0.2) is 0 Å². The number of carbonyl (C=O) groups excluding carboxylic acids is 1. The van der Waals surface area contributed by atoms with Gasteiger partial charge in [0.1, 0.15) is 12.4 Å². The molecule has 0 saturated carbocycles. The van der Waals surface area contributed by atoms with Crippen molar-refractivity contribution in [3.63, 3.8) is 0 Å². The molecule has 0 heterocycles. The summed E-state index contributed by atoms with van der Waals surface area (Å²) in [4.78, 5) is 11.2. The molecule has 3 aromatic carbocycles. The predicted molar refractivity (Wildman–Crippen MR) is 97.4 cm³/mol. The fourth-order valence-electron chi connectivity index (χ4n) is 2.65. The molecule has 0 saturated heterocycles. The van der Waals surface area contributed by atoms with E-state index in [2.05, 4.69) is 0 Å². The molecule has 2 nitrogen and oxygen atoms in total. The quantitative estimate of drug-likeness (QED) is 0.564. The van der Waals surface area contributed by atoms with E-state index in [-0.39, 0.29) is 0 Å². The van der Waals surface area contributed by atoms with Crippen LogP contribution in [-0.2, 0) is 17.8 Å². The standard InChI is InChI=1S/C22H17F3O2/c23-22(24,25)21(26)13-17-8-4-9-18(12-17)19-10-5-11-20(14-19)27-15-16-6-2-1-3-7-16/h1-12,14H,13,15H2. The van der Waals surface area contributed by atoms with Gasteiger partial charge in [0.05, 0.1) is 0 Å². The molecule has 138 valence electrons. The third kappa shape index (κ3) is 5.20. The van der Waals surface area contributed by atoms with Gasteiger partial charge in [0.25, 0.3) is 0 Å². The van der Waals surface area contributed by atoms with E-state index >= 15 is 0 Å². The number of hydrogen-bond donors (Lipinski definition) is 0. The molecule has 0 fully saturated rings. The van der Waals surface area contributed by atoms with Gasteiger partial charge >= 0.3 is 6.18 Å². The van der Waals surface area contributed by atoms with E-state index in [0.717, 1.165) is 16.7 Å². The van der Waals surface area contributed by atoms with Crippen molar-refractivity contribution in [2.75, 3.05) is 0 Å². The molecule has 5 heteroatoms. The van der Waals surface area contributed by atoms with Gasteiger partial charge in [-0.1, -0.05) is 66.7 Å². The fourth-order valence-corrected chi connectivity index (χ4v) is 2.65. The molecule has 3 rings (SSSR count). The van der Waals surface area contributed by atoms with Crippen LogP contribution in [0.5, 0.6) is 5.75 Å². The van der Waals surface area contributed by atoms with Crippen molar-refractivity contribution >= 4 is 5.78 Å². The molecular weight excluding hydrogens is 353 g/mol. The second-order valence-electron chi connectivity index (χ2n) is 6.10. The lowest BCUT2D eigenvalue weighted by Gasteiger charge is -2.10. The Balaban J connectivity index is 1.75. The SMILES string of the molecule is O=C(Cc1cccc(-c2cccc(OCc3ccccc3)c2)c1)C(F)(F)F. The van der Waals surface area contributed by atoms with Gasteiger partial charge in [0.2, 0.25) is 5.78 Å². The molecule has 0 aliphatic carbocycles. The van der Waals surface area contributed by atoms with Crippen LogP contribution >= 0.6 is 0 Å². The van der Waals surface area contributed by atoms with Crippen LogP contribution in [0.25, 0.3) is 11.1 Å². The predicted octanol–water partition coefficient (Wildman–Crippen LogP) is 5.61. The highest BCUT2D eigenvalue weighted by Crippen LogP contribution is 2.26. The maximum absolute atomic E-state index is 12.5. The van der Waals surface area contributed by atoms with E-state index in [1.54, 1.807) is 18.2 Å². The maximum Gasteiger partial charge on any atom is 0.450 e. The van der Waals surface area contributed by atoms with Crippen molar-refractivity contribution in [1.82, 2.24) is 0 Å². The number of benzene rings is 3. The second kappa shape index (κ2) is 8.08.